The summed E-state index contributed by atoms with van der Waals surface area (Å²) in [6.45, 7) is 4.66. The Kier molecular flexibility index (Phi) is 3.95. The number of nitrogens with two attached hydrogens (primary N) is 1. The van der Waals surface area contributed by atoms with Gasteiger partial charge in [-0.2, -0.15) is 0 Å². The summed E-state index contributed by atoms with van der Waals surface area (Å²) >= 11 is 0. The standard InChI is InChI=1S/C7H13NO3/c1-4(2)6(10)7(11)5(9)3-8/h5,7,9,11H,1,3,8H2,2H3/t5?,7-/m0/s1. The normalized spacial score (nSPS) is 15.6. The molecule has 4 nitrogen and oxygen atoms in total. The second-order valence-electron chi connectivity index (χ2n) is 2.39. The van der Waals surface area contributed by atoms with E-state index in [2.05, 4.69) is 6.58 Å². The molecular weight excluding hydrogens is 146 g/mol. The Morgan fingerprint density at radius 3 is 2.36 bits per heavy atom. The topological polar surface area (TPSA) is 83.5 Å². The average molecular weight is 159 g/mol. The number of carbonyl (C=O) groups is 1. The molecule has 1 unspecified atom stereocenters. The number of aliphatic hydroxyl groups is 2. The second-order valence-corrected chi connectivity index (χ2v) is 2.39. The van der Waals surface area contributed by atoms with Crippen LogP contribution in [-0.4, -0.2) is 34.7 Å². The monoisotopic (exact) mass is 159 g/mol. The Bertz CT molecular complexity index is 167. The molecule has 11 heavy (non-hydrogen) atoms. The van der Waals surface area contributed by atoms with Crippen molar-refractivity contribution in [2.75, 3.05) is 6.54 Å². The summed E-state index contributed by atoms with van der Waals surface area (Å²) in [6.07, 6.45) is -2.63. The van der Waals surface area contributed by atoms with Crippen LogP contribution >= 0.6 is 0 Å². The SMILES string of the molecule is C=C(C)C(=O)[C@@H](O)C(O)CN. The number of hydrogen-bond donors (Lipinski definition) is 3. The molecule has 4 N–H and O–H groups in total. The molecule has 2 atom stereocenters. The predicted molar refractivity (Wildman–Crippen MR) is 40.9 cm³/mol. The van der Waals surface area contributed by atoms with Crippen molar-refractivity contribution >= 4 is 5.78 Å². The Morgan fingerprint density at radius 2 is 2.09 bits per heavy atom. The lowest BCUT2D eigenvalue weighted by molar-refractivity contribution is -0.128. The molecule has 0 aromatic heterocycles. The van der Waals surface area contributed by atoms with Crippen molar-refractivity contribution in [3.63, 3.8) is 0 Å². The highest BCUT2D eigenvalue weighted by atomic mass is 16.3. The minimum Gasteiger partial charge on any atom is -0.389 e. The fourth-order valence-corrected chi connectivity index (χ4v) is 0.556. The molecule has 0 aromatic carbocycles. The number of ketones is 1. The van der Waals surface area contributed by atoms with E-state index in [1.165, 1.54) is 6.92 Å². The van der Waals surface area contributed by atoms with Crippen LogP contribution in [0.3, 0.4) is 0 Å². The number of hydrogen-bond acceptors (Lipinski definition) is 4. The third-order valence-corrected chi connectivity index (χ3v) is 1.30. The Hall–Kier alpha value is -0.710. The van der Waals surface area contributed by atoms with Gasteiger partial charge in [0, 0.05) is 6.54 Å². The lowest BCUT2D eigenvalue weighted by atomic mass is 10.1. The highest BCUT2D eigenvalue weighted by Crippen LogP contribution is 2.00. The van der Waals surface area contributed by atoms with Gasteiger partial charge >= 0.3 is 0 Å². The van der Waals surface area contributed by atoms with E-state index in [-0.39, 0.29) is 12.1 Å². The lowest BCUT2D eigenvalue weighted by Gasteiger charge is -2.13. The zero-order valence-electron chi connectivity index (χ0n) is 6.45. The molecule has 0 radical (unpaired) electrons. The maximum Gasteiger partial charge on any atom is 0.189 e. The number of aliphatic hydroxyl groups excluding tert-OH is 2. The van der Waals surface area contributed by atoms with E-state index in [4.69, 9.17) is 15.9 Å². The molecule has 0 heterocycles. The van der Waals surface area contributed by atoms with Gasteiger partial charge in [0.1, 0.15) is 6.10 Å². The van der Waals surface area contributed by atoms with Gasteiger partial charge in [0.25, 0.3) is 0 Å². The molecule has 0 aromatic rings. The highest BCUT2D eigenvalue weighted by Gasteiger charge is 2.22. The van der Waals surface area contributed by atoms with Crippen LogP contribution in [0.2, 0.25) is 0 Å². The first-order chi connectivity index (χ1) is 5.00. The van der Waals surface area contributed by atoms with Crippen molar-refractivity contribution in [3.05, 3.63) is 12.2 Å². The van der Waals surface area contributed by atoms with Gasteiger partial charge in [0.05, 0.1) is 6.10 Å². The van der Waals surface area contributed by atoms with Gasteiger partial charge in [0.2, 0.25) is 0 Å². The van der Waals surface area contributed by atoms with Crippen molar-refractivity contribution in [2.24, 2.45) is 5.73 Å². The number of carbonyl (C=O) groups excluding carboxylic acids is 1. The van der Waals surface area contributed by atoms with Gasteiger partial charge in [-0.15, -0.1) is 0 Å². The summed E-state index contributed by atoms with van der Waals surface area (Å²) in [7, 11) is 0. The first kappa shape index (κ1) is 10.3. The molecule has 0 aliphatic carbocycles. The largest absolute Gasteiger partial charge is 0.389 e. The van der Waals surface area contributed by atoms with E-state index in [0.29, 0.717) is 0 Å². The second kappa shape index (κ2) is 4.23. The van der Waals surface area contributed by atoms with Crippen LogP contribution in [0.1, 0.15) is 6.92 Å². The Morgan fingerprint density at radius 1 is 1.64 bits per heavy atom. The summed E-state index contributed by atoms with van der Waals surface area (Å²) < 4.78 is 0. The number of rotatable bonds is 4. The summed E-state index contributed by atoms with van der Waals surface area (Å²) in [5.41, 5.74) is 5.23. The smallest absolute Gasteiger partial charge is 0.189 e. The first-order valence-electron chi connectivity index (χ1n) is 3.26. The molecule has 0 fully saturated rings. The van der Waals surface area contributed by atoms with E-state index in [1.54, 1.807) is 0 Å². The molecule has 64 valence electrons. The molecule has 0 bridgehead atoms. The zero-order valence-corrected chi connectivity index (χ0v) is 6.45. The molecule has 0 spiro atoms. The van der Waals surface area contributed by atoms with E-state index in [1.807, 2.05) is 0 Å². The zero-order chi connectivity index (χ0) is 9.02. The van der Waals surface area contributed by atoms with Crippen LogP contribution in [0.25, 0.3) is 0 Å². The number of Topliss-reactive ketones (excluding diaryl/α,β-unsaturated/α-hetero) is 1. The van der Waals surface area contributed by atoms with Crippen molar-refractivity contribution in [3.8, 4) is 0 Å². The third-order valence-electron chi connectivity index (χ3n) is 1.30. The van der Waals surface area contributed by atoms with Gasteiger partial charge in [-0.05, 0) is 12.5 Å². The van der Waals surface area contributed by atoms with Gasteiger partial charge in [-0.25, -0.2) is 0 Å². The van der Waals surface area contributed by atoms with Crippen LogP contribution in [0, 0.1) is 0 Å². The van der Waals surface area contributed by atoms with Crippen molar-refractivity contribution < 1.29 is 15.0 Å². The van der Waals surface area contributed by atoms with Crippen LogP contribution in [0.4, 0.5) is 0 Å². The first-order valence-corrected chi connectivity index (χ1v) is 3.26. The molecule has 0 saturated heterocycles. The molecule has 0 saturated carbocycles. The third kappa shape index (κ3) is 2.80. The Labute approximate surface area is 65.3 Å². The summed E-state index contributed by atoms with van der Waals surface area (Å²) in [4.78, 5) is 10.9. The summed E-state index contributed by atoms with van der Waals surface area (Å²) in [5, 5.41) is 17.9. The van der Waals surface area contributed by atoms with Crippen molar-refractivity contribution in [1.29, 1.82) is 0 Å². The quantitative estimate of drug-likeness (QED) is 0.450. The fraction of sp³-hybridized carbons (Fsp3) is 0.571. The van der Waals surface area contributed by atoms with Crippen LogP contribution in [0.15, 0.2) is 12.2 Å². The molecular formula is C7H13NO3. The van der Waals surface area contributed by atoms with Gasteiger partial charge in [-0.3, -0.25) is 4.79 Å². The van der Waals surface area contributed by atoms with Crippen LogP contribution in [-0.2, 0) is 4.79 Å². The maximum atomic E-state index is 10.9. The summed E-state index contributed by atoms with van der Waals surface area (Å²) in [6, 6.07) is 0. The molecule has 0 amide bonds. The fourth-order valence-electron chi connectivity index (χ4n) is 0.556. The van der Waals surface area contributed by atoms with Gasteiger partial charge < -0.3 is 15.9 Å². The molecule has 0 aliphatic rings. The molecule has 4 heteroatoms. The lowest BCUT2D eigenvalue weighted by Crippen LogP contribution is -2.39. The minimum atomic E-state index is -1.43. The van der Waals surface area contributed by atoms with E-state index in [9.17, 15) is 4.79 Å². The van der Waals surface area contributed by atoms with Crippen LogP contribution in [0.5, 0.6) is 0 Å². The summed E-state index contributed by atoms with van der Waals surface area (Å²) in [5.74, 6) is -0.567. The van der Waals surface area contributed by atoms with Crippen molar-refractivity contribution in [2.45, 2.75) is 19.1 Å². The minimum absolute atomic E-state index is 0.139. The Balaban J connectivity index is 4.13. The molecule has 0 rings (SSSR count). The van der Waals surface area contributed by atoms with Crippen LogP contribution < -0.4 is 5.73 Å². The molecule has 0 aliphatic heterocycles. The maximum absolute atomic E-state index is 10.9. The van der Waals surface area contributed by atoms with E-state index < -0.39 is 18.0 Å². The van der Waals surface area contributed by atoms with Crippen molar-refractivity contribution in [1.82, 2.24) is 0 Å². The van der Waals surface area contributed by atoms with Gasteiger partial charge in [-0.1, -0.05) is 6.58 Å². The average Bonchev–Trinajstić information content (AvgIpc) is 2.00. The predicted octanol–water partition coefficient (Wildman–Crippen LogP) is -1.19. The highest BCUT2D eigenvalue weighted by molar-refractivity contribution is 5.97. The van der Waals surface area contributed by atoms with E-state index >= 15 is 0 Å². The van der Waals surface area contributed by atoms with Gasteiger partial charge in [0.15, 0.2) is 5.78 Å². The van der Waals surface area contributed by atoms with E-state index in [0.717, 1.165) is 0 Å².